The maximum absolute atomic E-state index is 12.5. The summed E-state index contributed by atoms with van der Waals surface area (Å²) in [5.74, 6) is 0. The number of hydrogen-bond donors (Lipinski definition) is 2. The summed E-state index contributed by atoms with van der Waals surface area (Å²) in [6.45, 7) is 1.72. The van der Waals surface area contributed by atoms with Crippen LogP contribution in [0.2, 0.25) is 0 Å². The number of nitrogens with zero attached hydrogens (tertiary/aromatic N) is 1. The van der Waals surface area contributed by atoms with E-state index in [0.29, 0.717) is 4.99 Å². The number of amides is 2. The molecule has 1 saturated heterocycles. The molecule has 0 spiro atoms. The van der Waals surface area contributed by atoms with Crippen molar-refractivity contribution in [3.05, 3.63) is 0 Å². The second-order valence-electron chi connectivity index (χ2n) is 6.19. The normalized spacial score (nSPS) is 23.5. The predicted molar refractivity (Wildman–Crippen MR) is 85.8 cm³/mol. The van der Waals surface area contributed by atoms with Gasteiger partial charge in [-0.3, -0.25) is 0 Å². The monoisotopic (exact) mass is 297 g/mol. The van der Waals surface area contributed by atoms with E-state index < -0.39 is 5.54 Å². The van der Waals surface area contributed by atoms with Gasteiger partial charge < -0.3 is 16.0 Å². The van der Waals surface area contributed by atoms with Gasteiger partial charge in [0.2, 0.25) is 0 Å². The highest BCUT2D eigenvalue weighted by Gasteiger charge is 2.36. The minimum absolute atomic E-state index is 0.0260. The summed E-state index contributed by atoms with van der Waals surface area (Å²) < 4.78 is 0. The van der Waals surface area contributed by atoms with E-state index in [4.69, 9.17) is 18.0 Å². The molecule has 2 fully saturated rings. The lowest BCUT2D eigenvalue weighted by Crippen LogP contribution is -2.60. The predicted octanol–water partition coefficient (Wildman–Crippen LogP) is 2.95. The molecule has 5 heteroatoms. The van der Waals surface area contributed by atoms with Gasteiger partial charge in [0, 0.05) is 13.1 Å². The fourth-order valence-electron chi connectivity index (χ4n) is 3.32. The van der Waals surface area contributed by atoms with Crippen molar-refractivity contribution in [1.82, 2.24) is 10.2 Å². The van der Waals surface area contributed by atoms with E-state index in [2.05, 4.69) is 5.32 Å². The van der Waals surface area contributed by atoms with Crippen LogP contribution in [-0.2, 0) is 0 Å². The summed E-state index contributed by atoms with van der Waals surface area (Å²) >= 11 is 5.30. The fraction of sp³-hybridized carbons (Fsp3) is 0.867. The zero-order valence-corrected chi connectivity index (χ0v) is 13.1. The molecular formula is C15H27N3OS. The van der Waals surface area contributed by atoms with Crippen LogP contribution in [0.25, 0.3) is 0 Å². The van der Waals surface area contributed by atoms with Gasteiger partial charge >= 0.3 is 6.03 Å². The number of rotatable bonds is 2. The molecule has 114 valence electrons. The number of hydrogen-bond acceptors (Lipinski definition) is 2. The van der Waals surface area contributed by atoms with E-state index in [1.807, 2.05) is 4.90 Å². The number of nitrogens with two attached hydrogens (primary N) is 1. The molecule has 2 amide bonds. The van der Waals surface area contributed by atoms with Gasteiger partial charge in [-0.2, -0.15) is 0 Å². The number of likely N-dealkylation sites (tertiary alicyclic amines) is 1. The Labute approximate surface area is 127 Å². The van der Waals surface area contributed by atoms with Crippen LogP contribution in [0.15, 0.2) is 0 Å². The lowest BCUT2D eigenvalue weighted by molar-refractivity contribution is 0.175. The summed E-state index contributed by atoms with van der Waals surface area (Å²) in [6, 6.07) is 0.0260. The van der Waals surface area contributed by atoms with Crippen molar-refractivity contribution < 1.29 is 4.79 Å². The first-order valence-electron chi connectivity index (χ1n) is 8.01. The Kier molecular flexibility index (Phi) is 5.64. The van der Waals surface area contributed by atoms with Crippen molar-refractivity contribution in [3.63, 3.8) is 0 Å². The lowest BCUT2D eigenvalue weighted by Gasteiger charge is -2.38. The second kappa shape index (κ2) is 7.25. The van der Waals surface area contributed by atoms with Gasteiger partial charge in [-0.05, 0) is 32.1 Å². The number of piperidine rings is 1. The topological polar surface area (TPSA) is 58.4 Å². The maximum Gasteiger partial charge on any atom is 0.318 e. The van der Waals surface area contributed by atoms with Crippen molar-refractivity contribution in [3.8, 4) is 0 Å². The minimum atomic E-state index is -0.454. The highest BCUT2D eigenvalue weighted by Crippen LogP contribution is 2.27. The van der Waals surface area contributed by atoms with E-state index >= 15 is 0 Å². The Morgan fingerprint density at radius 1 is 0.950 bits per heavy atom. The molecule has 0 aromatic heterocycles. The zero-order chi connectivity index (χ0) is 14.4. The molecule has 3 N–H and O–H groups in total. The molecule has 0 aromatic carbocycles. The van der Waals surface area contributed by atoms with Crippen LogP contribution in [0.5, 0.6) is 0 Å². The van der Waals surface area contributed by atoms with Crippen LogP contribution >= 0.6 is 12.2 Å². The molecule has 0 aromatic rings. The van der Waals surface area contributed by atoms with Crippen LogP contribution in [0.4, 0.5) is 4.79 Å². The minimum Gasteiger partial charge on any atom is -0.391 e. The van der Waals surface area contributed by atoms with E-state index in [9.17, 15) is 4.79 Å². The van der Waals surface area contributed by atoms with Crippen molar-refractivity contribution >= 4 is 23.2 Å². The Bertz CT molecular complexity index is 345. The van der Waals surface area contributed by atoms with Crippen LogP contribution in [0.3, 0.4) is 0 Å². The first-order chi connectivity index (χ1) is 9.64. The molecule has 1 aliphatic heterocycles. The van der Waals surface area contributed by atoms with Crippen LogP contribution < -0.4 is 11.1 Å². The van der Waals surface area contributed by atoms with Crippen LogP contribution in [0, 0.1) is 0 Å². The molecule has 0 bridgehead atoms. The Balaban J connectivity index is 2.02. The molecule has 0 unspecified atom stereocenters. The number of carbonyl (C=O) groups excluding carboxylic acids is 1. The molecule has 1 heterocycles. The molecule has 1 aliphatic carbocycles. The number of carbonyl (C=O) groups is 1. The first kappa shape index (κ1) is 15.5. The van der Waals surface area contributed by atoms with Crippen LogP contribution in [-0.4, -0.2) is 34.5 Å². The molecule has 0 atom stereocenters. The van der Waals surface area contributed by atoms with E-state index in [1.165, 1.54) is 25.7 Å². The van der Waals surface area contributed by atoms with Crippen molar-refractivity contribution in [2.75, 3.05) is 13.1 Å². The second-order valence-corrected chi connectivity index (χ2v) is 6.63. The first-order valence-corrected chi connectivity index (χ1v) is 8.42. The lowest BCUT2D eigenvalue weighted by atomic mass is 9.84. The molecular weight excluding hydrogens is 270 g/mol. The average Bonchev–Trinajstić information content (AvgIpc) is 2.42. The third-order valence-electron chi connectivity index (χ3n) is 4.67. The van der Waals surface area contributed by atoms with Crippen molar-refractivity contribution in [2.45, 2.75) is 69.7 Å². The number of thiocarbonyl (C=S) groups is 1. The summed E-state index contributed by atoms with van der Waals surface area (Å²) in [7, 11) is 0. The molecule has 4 nitrogen and oxygen atoms in total. The summed E-state index contributed by atoms with van der Waals surface area (Å²) in [5, 5.41) is 3.19. The van der Waals surface area contributed by atoms with Gasteiger partial charge in [0.05, 0.1) is 10.5 Å². The van der Waals surface area contributed by atoms with E-state index in [0.717, 1.165) is 51.6 Å². The molecule has 2 aliphatic rings. The SMILES string of the molecule is NC(=S)C1(NC(=O)N2CCCCC2)CCCCCCC1. The number of nitrogens with one attached hydrogen (secondary N) is 1. The molecule has 2 rings (SSSR count). The van der Waals surface area contributed by atoms with Gasteiger partial charge in [-0.25, -0.2) is 4.79 Å². The van der Waals surface area contributed by atoms with E-state index in [-0.39, 0.29) is 6.03 Å². The van der Waals surface area contributed by atoms with Gasteiger partial charge in [0.1, 0.15) is 0 Å². The highest BCUT2D eigenvalue weighted by atomic mass is 32.1. The van der Waals surface area contributed by atoms with Gasteiger partial charge in [-0.1, -0.05) is 44.3 Å². The van der Waals surface area contributed by atoms with Crippen LogP contribution in [0.1, 0.15) is 64.2 Å². The third-order valence-corrected chi connectivity index (χ3v) is 5.06. The molecule has 20 heavy (non-hydrogen) atoms. The zero-order valence-electron chi connectivity index (χ0n) is 12.3. The molecule has 1 saturated carbocycles. The fourth-order valence-corrected chi connectivity index (χ4v) is 3.58. The van der Waals surface area contributed by atoms with Gasteiger partial charge in [0.15, 0.2) is 0 Å². The number of urea groups is 1. The highest BCUT2D eigenvalue weighted by molar-refractivity contribution is 7.80. The summed E-state index contributed by atoms with van der Waals surface area (Å²) in [5.41, 5.74) is 5.54. The molecule has 0 radical (unpaired) electrons. The van der Waals surface area contributed by atoms with E-state index in [1.54, 1.807) is 0 Å². The van der Waals surface area contributed by atoms with Gasteiger partial charge in [-0.15, -0.1) is 0 Å². The Morgan fingerprint density at radius 2 is 1.45 bits per heavy atom. The average molecular weight is 297 g/mol. The standard InChI is InChI=1S/C15H27N3OS/c16-13(20)15(9-5-2-1-3-6-10-15)17-14(19)18-11-7-4-8-12-18/h1-12H2,(H2,16,20)(H,17,19). The third kappa shape index (κ3) is 3.84. The summed E-state index contributed by atoms with van der Waals surface area (Å²) in [4.78, 5) is 14.9. The van der Waals surface area contributed by atoms with Crippen molar-refractivity contribution in [1.29, 1.82) is 0 Å². The largest absolute Gasteiger partial charge is 0.391 e. The quantitative estimate of drug-likeness (QED) is 0.770. The maximum atomic E-state index is 12.5. The van der Waals surface area contributed by atoms with Crippen molar-refractivity contribution in [2.24, 2.45) is 5.73 Å². The van der Waals surface area contributed by atoms with Gasteiger partial charge in [0.25, 0.3) is 0 Å². The summed E-state index contributed by atoms with van der Waals surface area (Å²) in [6.07, 6.45) is 11.1. The Hall–Kier alpha value is -0.840. The smallest absolute Gasteiger partial charge is 0.318 e. The Morgan fingerprint density at radius 3 is 2.00 bits per heavy atom.